The molecule has 2 heterocycles. The number of rotatable bonds is 6. The largest absolute Gasteiger partial charge is 0.306 e. The van der Waals surface area contributed by atoms with Crippen LogP contribution in [-0.2, 0) is 0 Å². The summed E-state index contributed by atoms with van der Waals surface area (Å²) in [5, 5.41) is 36.7. The third-order valence-corrected chi connectivity index (χ3v) is 21.5. The smallest absolute Gasteiger partial charge is 0.287 e. The Kier molecular flexibility index (Phi) is 7.94. The van der Waals surface area contributed by atoms with E-state index in [1.165, 1.54) is 0 Å². The van der Waals surface area contributed by atoms with Gasteiger partial charge in [0.2, 0.25) is 0 Å². The van der Waals surface area contributed by atoms with Crippen LogP contribution in [0.15, 0.2) is 4.74 Å². The topological polar surface area (TPSA) is 322 Å². The molecule has 2 aliphatic heterocycles. The Labute approximate surface area is 178 Å². The van der Waals surface area contributed by atoms with Crippen molar-refractivity contribution in [3.63, 3.8) is 0 Å². The second-order valence-corrected chi connectivity index (χ2v) is 22.1. The van der Waals surface area contributed by atoms with E-state index in [-0.39, 0.29) is 6.54 Å². The van der Waals surface area contributed by atoms with Crippen LogP contribution in [0.4, 0.5) is 0 Å². The van der Waals surface area contributed by atoms with Gasteiger partial charge in [0.15, 0.2) is 30.0 Å². The van der Waals surface area contributed by atoms with Gasteiger partial charge in [-0.1, -0.05) is 23.6 Å². The highest BCUT2D eigenvalue weighted by atomic mass is 31.3. The molecule has 0 spiro atoms. The van der Waals surface area contributed by atoms with Gasteiger partial charge >= 0.3 is 7.87 Å². The number of nitrogens with one attached hydrogen (secondary N) is 11. The van der Waals surface area contributed by atoms with Gasteiger partial charge in [-0.05, 0) is 19.5 Å². The summed E-state index contributed by atoms with van der Waals surface area (Å²) in [7, 11) is -17.9. The van der Waals surface area contributed by atoms with E-state index in [1.54, 1.807) is 6.66 Å². The second kappa shape index (κ2) is 8.71. The first-order valence-corrected chi connectivity index (χ1v) is 20.3. The minimum Gasteiger partial charge on any atom is -0.287 e. The lowest BCUT2D eigenvalue weighted by molar-refractivity contribution is 0.371. The van der Waals surface area contributed by atoms with E-state index in [1.807, 2.05) is 13.8 Å². The summed E-state index contributed by atoms with van der Waals surface area (Å²) in [6.45, 7) is 5.72. The summed E-state index contributed by atoms with van der Waals surface area (Å²) in [5.41, 5.74) is 29.7. The summed E-state index contributed by atoms with van der Waals surface area (Å²) in [6, 6.07) is 0. The van der Waals surface area contributed by atoms with E-state index < -0.39 is 50.8 Å². The van der Waals surface area contributed by atoms with Crippen molar-refractivity contribution in [2.75, 3.05) is 13.2 Å². The minimum absolute atomic E-state index is 0.184. The zero-order valence-corrected chi connectivity index (χ0v) is 22.5. The Hall–Kier alpha value is 1.10. The lowest BCUT2D eigenvalue weighted by Crippen LogP contribution is -2.52. The van der Waals surface area contributed by atoms with Crippen LogP contribution in [0.5, 0.6) is 0 Å². The van der Waals surface area contributed by atoms with Crippen molar-refractivity contribution < 1.29 is 0 Å². The Balaban J connectivity index is 2.36. The predicted octanol–water partition coefficient (Wildman–Crippen LogP) is 1.93. The molecule has 0 radical (unpaired) electrons. The highest BCUT2D eigenvalue weighted by Gasteiger charge is 2.47. The lowest BCUT2D eigenvalue weighted by atomic mass is 9.95. The van der Waals surface area contributed by atoms with E-state index in [2.05, 4.69) is 39.0 Å². The molecule has 2 saturated heterocycles. The normalized spacial score (nSPS) is 44.5. The van der Waals surface area contributed by atoms with Gasteiger partial charge < -0.3 is 0 Å². The summed E-state index contributed by atoms with van der Waals surface area (Å²) < 4.78 is 4.65. The van der Waals surface area contributed by atoms with E-state index in [0.29, 0.717) is 12.8 Å². The molecule has 21 N–H and O–H groups in total. The number of hydrogen-bond donors (Lipinski definition) is 16. The Morgan fingerprint density at radius 3 is 1.83 bits per heavy atom. The zero-order chi connectivity index (χ0) is 23.3. The molecular weight excluding hydrogens is 508 g/mol. The number of nitrogens with two attached hydrogens (primary N) is 5. The summed E-state index contributed by atoms with van der Waals surface area (Å²) in [4.78, 5) is 17.0. The molecular formula is C7H36N17P6+. The van der Waals surface area contributed by atoms with Crippen LogP contribution in [0, 0.1) is 20.6 Å². The quantitative estimate of drug-likeness (QED) is 0.213. The molecule has 2 aliphatic rings. The number of hydrogen-bond acceptors (Lipinski definition) is 7. The molecule has 23 heteroatoms. The molecule has 0 bridgehead atoms. The molecule has 17 nitrogen and oxygen atoms in total. The maximum atomic E-state index is 8.82. The lowest BCUT2D eigenvalue weighted by Gasteiger charge is -2.45. The van der Waals surface area contributed by atoms with Gasteiger partial charge in [-0.3, -0.25) is 47.0 Å². The van der Waals surface area contributed by atoms with Gasteiger partial charge in [-0.15, -0.1) is 0 Å². The Bertz CT molecular complexity index is 892. The van der Waals surface area contributed by atoms with Gasteiger partial charge in [0, 0.05) is 5.54 Å². The minimum atomic E-state index is -3.21. The van der Waals surface area contributed by atoms with Gasteiger partial charge in [-0.25, -0.2) is 19.4 Å². The summed E-state index contributed by atoms with van der Waals surface area (Å²) >= 11 is 0. The van der Waals surface area contributed by atoms with E-state index in [4.69, 9.17) is 48.2 Å². The van der Waals surface area contributed by atoms with Crippen LogP contribution in [0.1, 0.15) is 26.7 Å². The molecule has 178 valence electrons. The van der Waals surface area contributed by atoms with Crippen LogP contribution < -0.4 is 61.8 Å². The first-order chi connectivity index (χ1) is 13.3. The highest BCUT2D eigenvalue weighted by molar-refractivity contribution is 7.92. The molecule has 0 aromatic heterocycles. The average Bonchev–Trinajstić information content (AvgIpc) is 2.44. The van der Waals surface area contributed by atoms with Gasteiger partial charge in [0.1, 0.15) is 7.36 Å². The SMILES string of the molecule is CCC(CC)(CN=P1(N)NP(C)(=N)N[P+](N)(N)N1)NP1(=N)NP(=N)(N)NP(=N)(N)N1. The molecule has 0 aromatic rings. The fraction of sp³-hybridized carbons (Fsp3) is 1.00. The maximum Gasteiger partial charge on any atom is 0.306 e. The fourth-order valence-electron chi connectivity index (χ4n) is 3.13. The van der Waals surface area contributed by atoms with Gasteiger partial charge in [0.05, 0.1) is 6.54 Å². The molecule has 0 aromatic carbocycles. The van der Waals surface area contributed by atoms with E-state index in [0.717, 1.165) is 0 Å². The molecule has 30 heavy (non-hydrogen) atoms. The van der Waals surface area contributed by atoms with Crippen molar-refractivity contribution >= 4 is 45.2 Å². The van der Waals surface area contributed by atoms with Crippen LogP contribution in [0.3, 0.4) is 0 Å². The van der Waals surface area contributed by atoms with Gasteiger partial charge in [0.25, 0.3) is 0 Å². The molecule has 2 fully saturated rings. The van der Waals surface area contributed by atoms with Crippen molar-refractivity contribution in [3.05, 3.63) is 0 Å². The number of nitrogens with zero attached hydrogens (tertiary/aromatic N) is 1. The van der Waals surface area contributed by atoms with Crippen LogP contribution >= 0.6 is 45.2 Å². The van der Waals surface area contributed by atoms with Crippen LogP contribution in [-0.4, -0.2) is 18.7 Å². The highest BCUT2D eigenvalue weighted by Crippen LogP contribution is 2.63. The van der Waals surface area contributed by atoms with Crippen LogP contribution in [0.2, 0.25) is 0 Å². The van der Waals surface area contributed by atoms with Gasteiger partial charge in [-0.2, -0.15) is 11.0 Å². The monoisotopic (exact) mass is 544 g/mol. The average molecular weight is 544 g/mol. The third kappa shape index (κ3) is 7.30. The van der Waals surface area contributed by atoms with Crippen molar-refractivity contribution in [2.45, 2.75) is 32.2 Å². The molecule has 4 unspecified atom stereocenters. The van der Waals surface area contributed by atoms with Crippen molar-refractivity contribution in [1.29, 1.82) is 20.6 Å². The second-order valence-electron chi connectivity index (χ2n) is 7.58. The maximum absolute atomic E-state index is 8.82. The molecule has 0 aliphatic carbocycles. The zero-order valence-electron chi connectivity index (χ0n) is 17.1. The Morgan fingerprint density at radius 2 is 1.40 bits per heavy atom. The predicted molar refractivity (Wildman–Crippen MR) is 132 cm³/mol. The first kappa shape index (κ1) is 27.3. The standard InChI is InChI=1S/C7H36N17P6/c1-4-7(5-2,18-30(16)23-27(11,12)21-28(13,14)24-30)6-17-29(15)20-25(3,8)19-26(9,10)22-29/h22H,4-6,9-10,15H2,1-3H3,(H3,8,19,20)(H11,11,12,13,14,16,18,21,23,24)/q+1. The van der Waals surface area contributed by atoms with Crippen molar-refractivity contribution in [2.24, 2.45) is 32.3 Å². The van der Waals surface area contributed by atoms with E-state index in [9.17, 15) is 0 Å². The van der Waals surface area contributed by atoms with Crippen molar-refractivity contribution in [1.82, 2.24) is 34.2 Å². The molecule has 4 atom stereocenters. The Morgan fingerprint density at radius 1 is 0.900 bits per heavy atom. The fourth-order valence-corrected chi connectivity index (χ4v) is 22.0. The molecule has 2 rings (SSSR count). The molecule has 0 amide bonds. The third-order valence-electron chi connectivity index (χ3n) is 4.32. The summed E-state index contributed by atoms with van der Waals surface area (Å²) in [6.07, 6.45) is 1.15. The van der Waals surface area contributed by atoms with Crippen LogP contribution in [0.25, 0.3) is 0 Å². The first-order valence-electron chi connectivity index (χ1n) is 8.78. The summed E-state index contributed by atoms with van der Waals surface area (Å²) in [5.74, 6) is 0. The van der Waals surface area contributed by atoms with Crippen molar-refractivity contribution in [3.8, 4) is 0 Å². The molecule has 0 saturated carbocycles. The van der Waals surface area contributed by atoms with E-state index >= 15 is 0 Å².